The first-order valence-electron chi connectivity index (χ1n) is 6.70. The molecule has 0 aliphatic carbocycles. The Morgan fingerprint density at radius 1 is 1.32 bits per heavy atom. The minimum atomic E-state index is 0.157. The van der Waals surface area contributed by atoms with E-state index in [0.717, 1.165) is 18.6 Å². The van der Waals surface area contributed by atoms with Crippen molar-refractivity contribution in [3.05, 3.63) is 30.4 Å². The minimum Gasteiger partial charge on any atom is -0.311 e. The molecule has 5 heteroatoms. The van der Waals surface area contributed by atoms with Crippen molar-refractivity contribution < 1.29 is 0 Å². The molecule has 0 saturated heterocycles. The van der Waals surface area contributed by atoms with Crippen molar-refractivity contribution in [1.29, 1.82) is 0 Å². The van der Waals surface area contributed by atoms with Crippen molar-refractivity contribution in [2.75, 3.05) is 6.54 Å². The van der Waals surface area contributed by atoms with Gasteiger partial charge in [0.05, 0.1) is 17.9 Å². The van der Waals surface area contributed by atoms with E-state index in [-0.39, 0.29) is 5.54 Å². The molecule has 2 N–H and O–H groups in total. The fourth-order valence-electron chi connectivity index (χ4n) is 1.84. The zero-order valence-electron chi connectivity index (χ0n) is 12.1. The average Bonchev–Trinajstić information content (AvgIpc) is 2.76. The van der Waals surface area contributed by atoms with Crippen molar-refractivity contribution in [1.82, 2.24) is 25.2 Å². The molecule has 0 spiro atoms. The molecule has 0 amide bonds. The van der Waals surface area contributed by atoms with Gasteiger partial charge in [-0.3, -0.25) is 4.98 Å². The molecule has 1 unspecified atom stereocenters. The van der Waals surface area contributed by atoms with Crippen LogP contribution < -0.4 is 10.6 Å². The molecule has 1 atom stereocenters. The zero-order chi connectivity index (χ0) is 13.9. The fraction of sp³-hybridized carbons (Fsp3) is 0.571. The van der Waals surface area contributed by atoms with Crippen LogP contribution in [0.25, 0.3) is 5.52 Å². The molecule has 0 bridgehead atoms. The summed E-state index contributed by atoms with van der Waals surface area (Å²) in [6.07, 6.45) is 7.35. The van der Waals surface area contributed by atoms with E-state index in [2.05, 4.69) is 48.4 Å². The van der Waals surface area contributed by atoms with Crippen LogP contribution in [0.1, 0.15) is 33.3 Å². The second kappa shape index (κ2) is 5.67. The van der Waals surface area contributed by atoms with Crippen LogP contribution in [0.4, 0.5) is 0 Å². The van der Waals surface area contributed by atoms with Crippen molar-refractivity contribution in [3.8, 4) is 0 Å². The molecule has 0 fully saturated rings. The standard InChI is InChI=1S/C14H23N5/c1-11(7-17-14(2,3)4)16-8-12-9-18-19-6-5-15-10-13(12)19/h5-6,9-11,16-17H,7-8H2,1-4H3. The van der Waals surface area contributed by atoms with E-state index in [4.69, 9.17) is 0 Å². The molecule has 0 radical (unpaired) electrons. The predicted octanol–water partition coefficient (Wildman–Crippen LogP) is 1.60. The highest BCUT2D eigenvalue weighted by atomic mass is 15.2. The summed E-state index contributed by atoms with van der Waals surface area (Å²) in [6.45, 7) is 10.5. The fourth-order valence-corrected chi connectivity index (χ4v) is 1.84. The van der Waals surface area contributed by atoms with Crippen LogP contribution in [0.15, 0.2) is 24.8 Å². The second-order valence-corrected chi connectivity index (χ2v) is 5.99. The van der Waals surface area contributed by atoms with Gasteiger partial charge < -0.3 is 10.6 Å². The summed E-state index contributed by atoms with van der Waals surface area (Å²) in [5.41, 5.74) is 2.39. The third kappa shape index (κ3) is 4.01. The molecule has 0 saturated carbocycles. The van der Waals surface area contributed by atoms with Crippen LogP contribution in [-0.4, -0.2) is 32.7 Å². The topological polar surface area (TPSA) is 54.2 Å². The number of aromatic nitrogens is 3. The summed E-state index contributed by atoms with van der Waals surface area (Å²) in [4.78, 5) is 4.14. The maximum absolute atomic E-state index is 4.30. The number of fused-ring (bicyclic) bond motifs is 1. The highest BCUT2D eigenvalue weighted by Gasteiger charge is 2.11. The van der Waals surface area contributed by atoms with Gasteiger partial charge >= 0.3 is 0 Å². The molecule has 104 valence electrons. The molecular weight excluding hydrogens is 238 g/mol. The number of rotatable bonds is 5. The highest BCUT2D eigenvalue weighted by molar-refractivity contribution is 5.51. The van der Waals surface area contributed by atoms with Gasteiger partial charge in [-0.15, -0.1) is 0 Å². The van der Waals surface area contributed by atoms with Crippen LogP contribution >= 0.6 is 0 Å². The number of nitrogens with zero attached hydrogens (tertiary/aromatic N) is 3. The van der Waals surface area contributed by atoms with Gasteiger partial charge in [0, 0.05) is 42.6 Å². The van der Waals surface area contributed by atoms with Crippen LogP contribution in [-0.2, 0) is 6.54 Å². The first-order chi connectivity index (χ1) is 8.96. The molecule has 5 nitrogen and oxygen atoms in total. The Labute approximate surface area is 114 Å². The lowest BCUT2D eigenvalue weighted by molar-refractivity contribution is 0.387. The van der Waals surface area contributed by atoms with E-state index >= 15 is 0 Å². The molecule has 19 heavy (non-hydrogen) atoms. The number of hydrogen-bond donors (Lipinski definition) is 2. The Kier molecular flexibility index (Phi) is 4.17. The molecular formula is C14H23N5. The Hall–Kier alpha value is -1.46. The summed E-state index contributed by atoms with van der Waals surface area (Å²) < 4.78 is 1.85. The Morgan fingerprint density at radius 2 is 2.11 bits per heavy atom. The van der Waals surface area contributed by atoms with Crippen molar-refractivity contribution in [2.24, 2.45) is 0 Å². The van der Waals surface area contributed by atoms with E-state index in [9.17, 15) is 0 Å². The lowest BCUT2D eigenvalue weighted by Gasteiger charge is -2.24. The molecule has 2 aromatic rings. The summed E-state index contributed by atoms with van der Waals surface area (Å²) in [7, 11) is 0. The van der Waals surface area contributed by atoms with E-state index in [1.807, 2.05) is 23.1 Å². The van der Waals surface area contributed by atoms with E-state index in [0.29, 0.717) is 6.04 Å². The summed E-state index contributed by atoms with van der Waals surface area (Å²) in [5, 5.41) is 11.3. The minimum absolute atomic E-state index is 0.157. The first kappa shape index (κ1) is 14.0. The Balaban J connectivity index is 1.88. The summed E-state index contributed by atoms with van der Waals surface area (Å²) in [5.74, 6) is 0. The van der Waals surface area contributed by atoms with Gasteiger partial charge in [0.25, 0.3) is 0 Å². The van der Waals surface area contributed by atoms with Crippen LogP contribution in [0.3, 0.4) is 0 Å². The molecule has 2 aromatic heterocycles. The Morgan fingerprint density at radius 3 is 2.84 bits per heavy atom. The number of nitrogens with one attached hydrogen (secondary N) is 2. The SMILES string of the molecule is CC(CNC(C)(C)C)NCc1cnn2ccncc12. The smallest absolute Gasteiger partial charge is 0.0889 e. The molecule has 0 aromatic carbocycles. The summed E-state index contributed by atoms with van der Waals surface area (Å²) >= 11 is 0. The average molecular weight is 261 g/mol. The maximum Gasteiger partial charge on any atom is 0.0889 e. The van der Waals surface area contributed by atoms with Crippen molar-refractivity contribution >= 4 is 5.52 Å². The van der Waals surface area contributed by atoms with Crippen molar-refractivity contribution in [2.45, 2.75) is 45.8 Å². The first-order valence-corrected chi connectivity index (χ1v) is 6.70. The molecule has 2 heterocycles. The monoisotopic (exact) mass is 261 g/mol. The van der Waals surface area contributed by atoms with Gasteiger partial charge in [-0.1, -0.05) is 0 Å². The van der Waals surface area contributed by atoms with Crippen LogP contribution in [0, 0.1) is 0 Å². The molecule has 0 aliphatic heterocycles. The van der Waals surface area contributed by atoms with Gasteiger partial charge in [-0.05, 0) is 27.7 Å². The van der Waals surface area contributed by atoms with E-state index < -0.39 is 0 Å². The van der Waals surface area contributed by atoms with Gasteiger partial charge in [0.1, 0.15) is 0 Å². The van der Waals surface area contributed by atoms with Gasteiger partial charge in [0.2, 0.25) is 0 Å². The second-order valence-electron chi connectivity index (χ2n) is 5.99. The van der Waals surface area contributed by atoms with E-state index in [1.54, 1.807) is 6.20 Å². The van der Waals surface area contributed by atoms with Crippen LogP contribution in [0.2, 0.25) is 0 Å². The third-order valence-electron chi connectivity index (χ3n) is 2.98. The maximum atomic E-state index is 4.30. The Bertz CT molecular complexity index is 526. The van der Waals surface area contributed by atoms with Crippen molar-refractivity contribution in [3.63, 3.8) is 0 Å². The number of hydrogen-bond acceptors (Lipinski definition) is 4. The predicted molar refractivity (Wildman–Crippen MR) is 77.0 cm³/mol. The van der Waals surface area contributed by atoms with Gasteiger partial charge in [-0.25, -0.2) is 4.52 Å². The highest BCUT2D eigenvalue weighted by Crippen LogP contribution is 2.08. The quantitative estimate of drug-likeness (QED) is 0.858. The zero-order valence-corrected chi connectivity index (χ0v) is 12.1. The summed E-state index contributed by atoms with van der Waals surface area (Å²) in [6, 6.07) is 0.408. The van der Waals surface area contributed by atoms with E-state index in [1.165, 1.54) is 5.56 Å². The van der Waals surface area contributed by atoms with Gasteiger partial charge in [-0.2, -0.15) is 5.10 Å². The lowest BCUT2D eigenvalue weighted by Crippen LogP contribution is -2.44. The normalized spacial score (nSPS) is 13.9. The lowest BCUT2D eigenvalue weighted by atomic mass is 10.1. The van der Waals surface area contributed by atoms with Gasteiger partial charge in [0.15, 0.2) is 0 Å². The molecule has 0 aliphatic rings. The van der Waals surface area contributed by atoms with Crippen LogP contribution in [0.5, 0.6) is 0 Å². The third-order valence-corrected chi connectivity index (χ3v) is 2.98. The largest absolute Gasteiger partial charge is 0.311 e. The molecule has 2 rings (SSSR count).